The van der Waals surface area contributed by atoms with Gasteiger partial charge in [-0.1, -0.05) is 0 Å². The van der Waals surface area contributed by atoms with Crippen molar-refractivity contribution in [1.82, 2.24) is 4.90 Å². The Kier molecular flexibility index (Phi) is 4.14. The van der Waals surface area contributed by atoms with Gasteiger partial charge in [-0.3, -0.25) is 0 Å². The SMILES string of the molecule is CC(C)(C)OC(=O)N(CCc1ccco1)CC1CO1. The van der Waals surface area contributed by atoms with Crippen LogP contribution in [0.3, 0.4) is 0 Å². The number of epoxide rings is 1. The monoisotopic (exact) mass is 267 g/mol. The van der Waals surface area contributed by atoms with Gasteiger partial charge in [0.1, 0.15) is 11.4 Å². The highest BCUT2D eigenvalue weighted by atomic mass is 16.6. The number of ether oxygens (including phenoxy) is 2. The summed E-state index contributed by atoms with van der Waals surface area (Å²) in [5.74, 6) is 0.866. The van der Waals surface area contributed by atoms with E-state index in [2.05, 4.69) is 0 Å². The Hall–Kier alpha value is -1.49. The molecule has 0 aromatic carbocycles. The smallest absolute Gasteiger partial charge is 0.410 e. The third-order valence-electron chi connectivity index (χ3n) is 2.69. The number of carbonyl (C=O) groups is 1. The highest BCUT2D eigenvalue weighted by Gasteiger charge is 2.30. The van der Waals surface area contributed by atoms with Gasteiger partial charge < -0.3 is 18.8 Å². The zero-order valence-corrected chi connectivity index (χ0v) is 11.7. The Morgan fingerprint density at radius 2 is 2.26 bits per heavy atom. The van der Waals surface area contributed by atoms with Crippen molar-refractivity contribution in [2.45, 2.75) is 38.9 Å². The van der Waals surface area contributed by atoms with Gasteiger partial charge in [0, 0.05) is 13.0 Å². The summed E-state index contributed by atoms with van der Waals surface area (Å²) in [6, 6.07) is 3.75. The molecule has 1 aromatic rings. The number of nitrogens with zero attached hydrogens (tertiary/aromatic N) is 1. The molecule has 0 spiro atoms. The minimum Gasteiger partial charge on any atom is -0.469 e. The lowest BCUT2D eigenvalue weighted by Crippen LogP contribution is -2.40. The number of rotatable bonds is 5. The van der Waals surface area contributed by atoms with Crippen LogP contribution in [0.2, 0.25) is 0 Å². The molecule has 0 N–H and O–H groups in total. The molecule has 1 saturated heterocycles. The first-order valence-corrected chi connectivity index (χ1v) is 6.56. The quantitative estimate of drug-likeness (QED) is 0.769. The highest BCUT2D eigenvalue weighted by molar-refractivity contribution is 5.68. The molecule has 0 radical (unpaired) electrons. The fraction of sp³-hybridized carbons (Fsp3) is 0.643. The van der Waals surface area contributed by atoms with Crippen LogP contribution >= 0.6 is 0 Å². The molecule has 5 heteroatoms. The van der Waals surface area contributed by atoms with Gasteiger partial charge in [-0.25, -0.2) is 4.79 Å². The third-order valence-corrected chi connectivity index (χ3v) is 2.69. The molecule has 19 heavy (non-hydrogen) atoms. The molecule has 1 unspecified atom stereocenters. The topological polar surface area (TPSA) is 55.2 Å². The van der Waals surface area contributed by atoms with Gasteiger partial charge in [0.25, 0.3) is 0 Å². The molecule has 1 fully saturated rings. The molecule has 2 heterocycles. The molecular weight excluding hydrogens is 246 g/mol. The fourth-order valence-electron chi connectivity index (χ4n) is 1.70. The second-order valence-corrected chi connectivity index (χ2v) is 5.71. The first kappa shape index (κ1) is 13.9. The van der Waals surface area contributed by atoms with Crippen LogP contribution in [0.5, 0.6) is 0 Å². The zero-order valence-electron chi connectivity index (χ0n) is 11.7. The summed E-state index contributed by atoms with van der Waals surface area (Å²) in [7, 11) is 0. The summed E-state index contributed by atoms with van der Waals surface area (Å²) in [5.41, 5.74) is -0.482. The molecule has 0 aliphatic carbocycles. The van der Waals surface area contributed by atoms with E-state index >= 15 is 0 Å². The molecule has 5 nitrogen and oxygen atoms in total. The van der Waals surface area contributed by atoms with E-state index in [-0.39, 0.29) is 12.2 Å². The van der Waals surface area contributed by atoms with Gasteiger partial charge in [-0.15, -0.1) is 0 Å². The Morgan fingerprint density at radius 1 is 1.53 bits per heavy atom. The molecule has 1 aromatic heterocycles. The number of hydrogen-bond acceptors (Lipinski definition) is 4. The summed E-state index contributed by atoms with van der Waals surface area (Å²) in [6.45, 7) is 7.47. The van der Waals surface area contributed by atoms with E-state index in [1.54, 1.807) is 11.2 Å². The summed E-state index contributed by atoms with van der Waals surface area (Å²) in [4.78, 5) is 13.8. The van der Waals surface area contributed by atoms with Crippen LogP contribution in [-0.4, -0.2) is 42.4 Å². The minimum absolute atomic E-state index is 0.157. The number of furan rings is 1. The van der Waals surface area contributed by atoms with E-state index in [0.29, 0.717) is 19.5 Å². The van der Waals surface area contributed by atoms with E-state index in [4.69, 9.17) is 13.9 Å². The Balaban J connectivity index is 1.88. The summed E-state index contributed by atoms with van der Waals surface area (Å²) in [5, 5.41) is 0. The minimum atomic E-state index is -0.482. The van der Waals surface area contributed by atoms with Crippen molar-refractivity contribution in [2.75, 3.05) is 19.7 Å². The molecule has 1 aliphatic heterocycles. The van der Waals surface area contributed by atoms with Crippen molar-refractivity contribution >= 4 is 6.09 Å². The Labute approximate surface area is 113 Å². The van der Waals surface area contributed by atoms with Gasteiger partial charge >= 0.3 is 6.09 Å². The average Bonchev–Trinajstić information content (AvgIpc) is 2.95. The van der Waals surface area contributed by atoms with E-state index < -0.39 is 5.60 Å². The van der Waals surface area contributed by atoms with Crippen molar-refractivity contribution in [3.8, 4) is 0 Å². The first-order chi connectivity index (χ1) is 8.94. The van der Waals surface area contributed by atoms with Crippen LogP contribution in [-0.2, 0) is 15.9 Å². The molecule has 106 valence electrons. The van der Waals surface area contributed by atoms with Crippen LogP contribution in [0.1, 0.15) is 26.5 Å². The highest BCUT2D eigenvalue weighted by Crippen LogP contribution is 2.15. The maximum absolute atomic E-state index is 12.1. The van der Waals surface area contributed by atoms with E-state index in [9.17, 15) is 4.79 Å². The molecule has 1 atom stereocenters. The molecular formula is C14H21NO4. The Morgan fingerprint density at radius 3 is 2.79 bits per heavy atom. The zero-order chi connectivity index (χ0) is 13.9. The summed E-state index contributed by atoms with van der Waals surface area (Å²) >= 11 is 0. The van der Waals surface area contributed by atoms with Gasteiger partial charge in [0.05, 0.1) is 25.5 Å². The lowest BCUT2D eigenvalue weighted by atomic mass is 10.2. The van der Waals surface area contributed by atoms with Crippen molar-refractivity contribution in [1.29, 1.82) is 0 Å². The molecule has 1 amide bonds. The van der Waals surface area contributed by atoms with Gasteiger partial charge in [-0.05, 0) is 32.9 Å². The van der Waals surface area contributed by atoms with Gasteiger partial charge in [-0.2, -0.15) is 0 Å². The van der Waals surface area contributed by atoms with Gasteiger partial charge in [0.2, 0.25) is 0 Å². The predicted octanol–water partition coefficient (Wildman–Crippen LogP) is 2.46. The molecule has 0 bridgehead atoms. The van der Waals surface area contributed by atoms with E-state index in [1.807, 2.05) is 32.9 Å². The molecule has 0 saturated carbocycles. The van der Waals surface area contributed by atoms with Crippen LogP contribution in [0, 0.1) is 0 Å². The number of carbonyl (C=O) groups excluding carboxylic acids is 1. The predicted molar refractivity (Wildman–Crippen MR) is 70.0 cm³/mol. The standard InChI is InChI=1S/C14H21NO4/c1-14(2,3)19-13(16)15(9-12-10-18-12)7-6-11-5-4-8-17-11/h4-5,8,12H,6-7,9-10H2,1-3H3. The van der Waals surface area contributed by atoms with Crippen LogP contribution in [0.25, 0.3) is 0 Å². The van der Waals surface area contributed by atoms with Crippen molar-refractivity contribution in [3.05, 3.63) is 24.2 Å². The van der Waals surface area contributed by atoms with E-state index in [1.165, 1.54) is 0 Å². The number of amides is 1. The second-order valence-electron chi connectivity index (χ2n) is 5.71. The molecule has 1 aliphatic rings. The summed E-state index contributed by atoms with van der Waals surface area (Å²) in [6.07, 6.45) is 2.18. The van der Waals surface area contributed by atoms with Crippen molar-refractivity contribution < 1.29 is 18.7 Å². The number of hydrogen-bond donors (Lipinski definition) is 0. The first-order valence-electron chi connectivity index (χ1n) is 6.56. The van der Waals surface area contributed by atoms with E-state index in [0.717, 1.165) is 12.4 Å². The normalized spacial score (nSPS) is 18.2. The largest absolute Gasteiger partial charge is 0.469 e. The van der Waals surface area contributed by atoms with Crippen LogP contribution < -0.4 is 0 Å². The molecule has 2 rings (SSSR count). The van der Waals surface area contributed by atoms with Crippen LogP contribution in [0.4, 0.5) is 4.79 Å². The summed E-state index contributed by atoms with van der Waals surface area (Å²) < 4.78 is 15.9. The van der Waals surface area contributed by atoms with Gasteiger partial charge in [0.15, 0.2) is 0 Å². The third kappa shape index (κ3) is 4.95. The fourth-order valence-corrected chi connectivity index (χ4v) is 1.70. The van der Waals surface area contributed by atoms with Crippen molar-refractivity contribution in [2.24, 2.45) is 0 Å². The lowest BCUT2D eigenvalue weighted by Gasteiger charge is -2.26. The Bertz CT molecular complexity index is 404. The van der Waals surface area contributed by atoms with Crippen LogP contribution in [0.15, 0.2) is 22.8 Å². The lowest BCUT2D eigenvalue weighted by molar-refractivity contribution is 0.0237. The van der Waals surface area contributed by atoms with Crippen molar-refractivity contribution in [3.63, 3.8) is 0 Å². The maximum atomic E-state index is 12.1. The maximum Gasteiger partial charge on any atom is 0.410 e. The average molecular weight is 267 g/mol. The second kappa shape index (κ2) is 5.65.